The maximum atomic E-state index is 11.9. The summed E-state index contributed by atoms with van der Waals surface area (Å²) in [5.74, 6) is 1.02. The van der Waals surface area contributed by atoms with Crippen LogP contribution in [0.15, 0.2) is 60.7 Å². The minimum absolute atomic E-state index is 0.230. The Morgan fingerprint density at radius 1 is 1.17 bits per heavy atom. The van der Waals surface area contributed by atoms with E-state index in [4.69, 9.17) is 14.2 Å². The lowest BCUT2D eigenvalue weighted by molar-refractivity contribution is -0.138. The van der Waals surface area contributed by atoms with E-state index in [0.29, 0.717) is 23.6 Å². The first-order valence-corrected chi connectivity index (χ1v) is 10.1. The van der Waals surface area contributed by atoms with Crippen LogP contribution in [-0.4, -0.2) is 32.0 Å². The predicted molar refractivity (Wildman–Crippen MR) is 118 cm³/mol. The minimum atomic E-state index is -0.784. The molecule has 1 atom stereocenters. The molecule has 0 saturated heterocycles. The number of nitrogens with zero attached hydrogens (tertiary/aromatic N) is 1. The quantitative estimate of drug-likeness (QED) is 0.532. The smallest absolute Gasteiger partial charge is 0.333 e. The molecule has 0 N–H and O–H groups in total. The maximum absolute atomic E-state index is 11.9. The van der Waals surface area contributed by atoms with Gasteiger partial charge >= 0.3 is 5.97 Å². The molecule has 156 valence electrons. The molecule has 5 nitrogen and oxygen atoms in total. The Morgan fingerprint density at radius 3 is 2.67 bits per heavy atom. The van der Waals surface area contributed by atoms with E-state index in [0.717, 1.165) is 11.3 Å². The van der Waals surface area contributed by atoms with Crippen molar-refractivity contribution >= 4 is 17.7 Å². The average Bonchev–Trinajstić information content (AvgIpc) is 2.92. The molecule has 0 amide bonds. The normalized spacial score (nSPS) is 20.3. The van der Waals surface area contributed by atoms with Crippen molar-refractivity contribution in [3.8, 4) is 11.5 Å². The van der Waals surface area contributed by atoms with Gasteiger partial charge in [-0.3, -0.25) is 0 Å². The third-order valence-electron chi connectivity index (χ3n) is 6.04. The summed E-state index contributed by atoms with van der Waals surface area (Å²) < 4.78 is 17.8. The van der Waals surface area contributed by atoms with Gasteiger partial charge in [0.2, 0.25) is 5.72 Å². The highest BCUT2D eigenvalue weighted by molar-refractivity contribution is 5.87. The SMILES string of the molecule is C=C(C)C(=O)OCCN1c2ccccc2C(C)(C)C12C=Cc1cccc(OC)c1O2. The molecule has 1 unspecified atom stereocenters. The van der Waals surface area contributed by atoms with Crippen molar-refractivity contribution in [1.82, 2.24) is 0 Å². The summed E-state index contributed by atoms with van der Waals surface area (Å²) >= 11 is 0. The molecule has 2 aliphatic heterocycles. The zero-order valence-electron chi connectivity index (χ0n) is 17.9. The highest BCUT2D eigenvalue weighted by Crippen LogP contribution is 2.55. The number of carbonyl (C=O) groups is 1. The number of hydrogen-bond acceptors (Lipinski definition) is 5. The van der Waals surface area contributed by atoms with Gasteiger partial charge in [0.25, 0.3) is 0 Å². The monoisotopic (exact) mass is 405 g/mol. The van der Waals surface area contributed by atoms with Gasteiger partial charge in [-0.15, -0.1) is 0 Å². The number of benzene rings is 2. The molecule has 5 heteroatoms. The average molecular weight is 405 g/mol. The predicted octanol–water partition coefficient (Wildman–Crippen LogP) is 4.71. The van der Waals surface area contributed by atoms with Crippen LogP contribution in [0.5, 0.6) is 11.5 Å². The fraction of sp³-hybridized carbons (Fsp3) is 0.320. The van der Waals surface area contributed by atoms with Gasteiger partial charge in [0.05, 0.1) is 19.1 Å². The number of anilines is 1. The summed E-state index contributed by atoms with van der Waals surface area (Å²) in [4.78, 5) is 14.1. The fourth-order valence-electron chi connectivity index (χ4n) is 4.39. The fourth-order valence-corrected chi connectivity index (χ4v) is 4.39. The van der Waals surface area contributed by atoms with Gasteiger partial charge in [0.1, 0.15) is 6.61 Å². The van der Waals surface area contributed by atoms with Crippen molar-refractivity contribution in [2.75, 3.05) is 25.2 Å². The van der Waals surface area contributed by atoms with Crippen molar-refractivity contribution in [3.05, 3.63) is 71.8 Å². The second-order valence-corrected chi connectivity index (χ2v) is 8.22. The van der Waals surface area contributed by atoms with Gasteiger partial charge in [-0.25, -0.2) is 4.79 Å². The van der Waals surface area contributed by atoms with Gasteiger partial charge in [0.15, 0.2) is 11.5 Å². The zero-order chi connectivity index (χ0) is 21.5. The molecule has 0 aromatic heterocycles. The van der Waals surface area contributed by atoms with E-state index >= 15 is 0 Å². The van der Waals surface area contributed by atoms with E-state index in [1.807, 2.05) is 30.3 Å². The van der Waals surface area contributed by atoms with Crippen molar-refractivity contribution in [2.24, 2.45) is 0 Å². The van der Waals surface area contributed by atoms with Crippen LogP contribution < -0.4 is 14.4 Å². The Kier molecular flexibility index (Phi) is 4.85. The van der Waals surface area contributed by atoms with E-state index in [-0.39, 0.29) is 18.0 Å². The molecule has 0 saturated carbocycles. The van der Waals surface area contributed by atoms with Gasteiger partial charge in [-0.2, -0.15) is 0 Å². The Bertz CT molecular complexity index is 1040. The second kappa shape index (κ2) is 7.24. The van der Waals surface area contributed by atoms with E-state index in [1.54, 1.807) is 14.0 Å². The minimum Gasteiger partial charge on any atom is -0.493 e. The lowest BCUT2D eigenvalue weighted by atomic mass is 9.76. The molecule has 2 heterocycles. The summed E-state index contributed by atoms with van der Waals surface area (Å²) in [6, 6.07) is 14.1. The highest BCUT2D eigenvalue weighted by atomic mass is 16.6. The molecular formula is C25H27NO4. The number of hydrogen-bond donors (Lipinski definition) is 0. The summed E-state index contributed by atoms with van der Waals surface area (Å²) in [5, 5.41) is 0. The van der Waals surface area contributed by atoms with Crippen LogP contribution >= 0.6 is 0 Å². The van der Waals surface area contributed by atoms with Crippen LogP contribution in [0.4, 0.5) is 5.69 Å². The molecule has 0 aliphatic carbocycles. The standard InChI is InChI=1S/C25H27NO4/c1-17(2)23(27)29-16-15-26-20-11-7-6-10-19(20)24(3,4)25(26)14-13-18-9-8-12-21(28-5)22(18)30-25/h6-14H,1,15-16H2,2-5H3. The molecule has 30 heavy (non-hydrogen) atoms. The first-order valence-electron chi connectivity index (χ1n) is 10.1. The summed E-state index contributed by atoms with van der Waals surface area (Å²) in [6.45, 7) is 10.4. The number of carbonyl (C=O) groups excluding carboxylic acids is 1. The van der Waals surface area contributed by atoms with Crippen molar-refractivity contribution in [3.63, 3.8) is 0 Å². The number of esters is 1. The largest absolute Gasteiger partial charge is 0.493 e. The van der Waals surface area contributed by atoms with Gasteiger partial charge in [0, 0.05) is 16.8 Å². The van der Waals surface area contributed by atoms with Gasteiger partial charge in [-0.05, 0) is 50.6 Å². The maximum Gasteiger partial charge on any atom is 0.333 e. The van der Waals surface area contributed by atoms with E-state index in [2.05, 4.69) is 49.6 Å². The number of rotatable bonds is 5. The first kappa shape index (κ1) is 20.1. The third-order valence-corrected chi connectivity index (χ3v) is 6.04. The molecule has 0 bridgehead atoms. The van der Waals surface area contributed by atoms with Crippen molar-refractivity contribution in [1.29, 1.82) is 0 Å². The Morgan fingerprint density at radius 2 is 1.93 bits per heavy atom. The topological polar surface area (TPSA) is 48.0 Å². The number of ether oxygens (including phenoxy) is 3. The van der Waals surface area contributed by atoms with Gasteiger partial charge in [-0.1, -0.05) is 36.9 Å². The number of methoxy groups -OCH3 is 1. The van der Waals surface area contributed by atoms with Gasteiger partial charge < -0.3 is 19.1 Å². The number of fused-ring (bicyclic) bond motifs is 2. The lowest BCUT2D eigenvalue weighted by Crippen LogP contribution is -2.60. The molecule has 0 radical (unpaired) electrons. The zero-order valence-corrected chi connectivity index (χ0v) is 17.9. The Hall–Kier alpha value is -3.21. The molecule has 4 rings (SSSR count). The van der Waals surface area contributed by atoms with Crippen LogP contribution in [-0.2, 0) is 14.9 Å². The van der Waals surface area contributed by atoms with Crippen LogP contribution in [0.3, 0.4) is 0 Å². The summed E-state index contributed by atoms with van der Waals surface area (Å²) in [5.41, 5.74) is 2.46. The second-order valence-electron chi connectivity index (χ2n) is 8.22. The van der Waals surface area contributed by atoms with Crippen LogP contribution in [0.25, 0.3) is 6.08 Å². The Balaban J connectivity index is 1.77. The molecule has 0 fully saturated rings. The third kappa shape index (κ3) is 2.88. The molecule has 2 aromatic carbocycles. The summed E-state index contributed by atoms with van der Waals surface area (Å²) in [6.07, 6.45) is 4.19. The van der Waals surface area contributed by atoms with Crippen LogP contribution in [0.1, 0.15) is 31.9 Å². The van der Waals surface area contributed by atoms with Crippen molar-refractivity contribution < 1.29 is 19.0 Å². The van der Waals surface area contributed by atoms with Crippen LogP contribution in [0, 0.1) is 0 Å². The highest BCUT2D eigenvalue weighted by Gasteiger charge is 2.59. The number of para-hydroxylation sites is 2. The lowest BCUT2D eigenvalue weighted by Gasteiger charge is -2.47. The molecule has 1 spiro atoms. The molecule has 2 aliphatic rings. The Labute approximate surface area is 177 Å². The molecular weight excluding hydrogens is 378 g/mol. The van der Waals surface area contributed by atoms with Crippen LogP contribution in [0.2, 0.25) is 0 Å². The van der Waals surface area contributed by atoms with E-state index in [1.165, 1.54) is 5.56 Å². The summed E-state index contributed by atoms with van der Waals surface area (Å²) in [7, 11) is 1.65. The first-order chi connectivity index (χ1) is 14.3. The van der Waals surface area contributed by atoms with E-state index in [9.17, 15) is 4.79 Å². The molecule has 2 aromatic rings. The van der Waals surface area contributed by atoms with E-state index < -0.39 is 5.72 Å². The van der Waals surface area contributed by atoms with Crippen molar-refractivity contribution in [2.45, 2.75) is 31.9 Å².